The van der Waals surface area contributed by atoms with Crippen LogP contribution in [0.15, 0.2) is 53.3 Å². The van der Waals surface area contributed by atoms with E-state index in [1.54, 1.807) is 10.5 Å². The van der Waals surface area contributed by atoms with Gasteiger partial charge in [0.1, 0.15) is 6.61 Å². The third-order valence-electron chi connectivity index (χ3n) is 5.14. The number of aryl methyl sites for hydroxylation is 2. The monoisotopic (exact) mass is 403 g/mol. The van der Waals surface area contributed by atoms with Crippen LogP contribution in [0.1, 0.15) is 27.3 Å². The second kappa shape index (κ2) is 6.56. The summed E-state index contributed by atoms with van der Waals surface area (Å²) in [5, 5.41) is 1.00. The predicted octanol–water partition coefficient (Wildman–Crippen LogP) is 4.36. The van der Waals surface area contributed by atoms with Crippen molar-refractivity contribution in [3.63, 3.8) is 0 Å². The number of carbonyl (C=O) groups is 1. The zero-order valence-electron chi connectivity index (χ0n) is 15.9. The molecule has 0 unspecified atom stereocenters. The summed E-state index contributed by atoms with van der Waals surface area (Å²) in [7, 11) is 0. The summed E-state index contributed by atoms with van der Waals surface area (Å²) in [6.07, 6.45) is 0. The third kappa shape index (κ3) is 2.91. The largest absolute Gasteiger partial charge is 0.456 e. The lowest BCUT2D eigenvalue weighted by Gasteiger charge is -2.05. The smallest absolute Gasteiger partial charge is 0.338 e. The molecule has 144 valence electrons. The van der Waals surface area contributed by atoms with Gasteiger partial charge in [-0.15, -0.1) is 0 Å². The van der Waals surface area contributed by atoms with Crippen molar-refractivity contribution in [3.05, 3.63) is 81.4 Å². The van der Waals surface area contributed by atoms with E-state index in [1.807, 2.05) is 50.2 Å². The van der Waals surface area contributed by atoms with Gasteiger partial charge in [0.25, 0.3) is 5.56 Å². The molecular weight excluding hydrogens is 386 g/mol. The number of para-hydroxylation sites is 1. The average molecular weight is 403 g/mol. The van der Waals surface area contributed by atoms with Gasteiger partial charge in [-0.3, -0.25) is 9.20 Å². The van der Waals surface area contributed by atoms with Crippen molar-refractivity contribution in [1.29, 1.82) is 0 Å². The lowest BCUT2D eigenvalue weighted by molar-refractivity contribution is 0.0468. The molecule has 2 aromatic carbocycles. The molecule has 5 aromatic rings. The standard InChI is InChI=1S/C22H17N3O3S/c1-12-13(2)23-17-8-7-14(9-16(12)17)21(27)28-11-15-10-20(26)25-18-5-3-4-6-19(18)29-22(25)24-15/h3-10,23H,11H2,1-2H3. The van der Waals surface area contributed by atoms with E-state index in [2.05, 4.69) is 9.97 Å². The van der Waals surface area contributed by atoms with E-state index in [-0.39, 0.29) is 12.2 Å². The maximum absolute atomic E-state index is 12.6. The molecule has 0 aliphatic heterocycles. The van der Waals surface area contributed by atoms with Crippen LogP contribution in [0, 0.1) is 13.8 Å². The van der Waals surface area contributed by atoms with Crippen molar-refractivity contribution in [2.75, 3.05) is 0 Å². The Balaban J connectivity index is 1.42. The number of nitrogens with one attached hydrogen (secondary N) is 1. The molecule has 7 heteroatoms. The van der Waals surface area contributed by atoms with E-state index < -0.39 is 5.97 Å². The Hall–Kier alpha value is -3.45. The van der Waals surface area contributed by atoms with Crippen LogP contribution in [0.5, 0.6) is 0 Å². The molecule has 0 aliphatic rings. The van der Waals surface area contributed by atoms with Gasteiger partial charge in [0.05, 0.1) is 21.5 Å². The van der Waals surface area contributed by atoms with E-state index in [1.165, 1.54) is 17.4 Å². The third-order valence-corrected chi connectivity index (χ3v) is 6.17. The van der Waals surface area contributed by atoms with Crippen molar-refractivity contribution in [2.45, 2.75) is 20.5 Å². The molecule has 0 aliphatic carbocycles. The number of hydrogen-bond donors (Lipinski definition) is 1. The van der Waals surface area contributed by atoms with E-state index in [4.69, 9.17) is 4.74 Å². The zero-order valence-corrected chi connectivity index (χ0v) is 16.7. The highest BCUT2D eigenvalue weighted by molar-refractivity contribution is 7.23. The molecule has 0 fully saturated rings. The van der Waals surface area contributed by atoms with Crippen molar-refractivity contribution in [2.24, 2.45) is 0 Å². The number of hydrogen-bond acceptors (Lipinski definition) is 5. The van der Waals surface area contributed by atoms with Gasteiger partial charge in [0, 0.05) is 22.7 Å². The topological polar surface area (TPSA) is 76.5 Å². The summed E-state index contributed by atoms with van der Waals surface area (Å²) in [6, 6.07) is 14.5. The number of thiazole rings is 1. The Labute approximate surface area is 169 Å². The molecule has 0 spiro atoms. The van der Waals surface area contributed by atoms with Gasteiger partial charge in [-0.2, -0.15) is 0 Å². The van der Waals surface area contributed by atoms with Gasteiger partial charge < -0.3 is 9.72 Å². The summed E-state index contributed by atoms with van der Waals surface area (Å²) in [5.74, 6) is -0.441. The fourth-order valence-corrected chi connectivity index (χ4v) is 4.56. The zero-order chi connectivity index (χ0) is 20.1. The number of carbonyl (C=O) groups excluding carboxylic acids is 1. The van der Waals surface area contributed by atoms with Crippen LogP contribution in [-0.4, -0.2) is 20.3 Å². The van der Waals surface area contributed by atoms with Gasteiger partial charge in [-0.1, -0.05) is 23.5 Å². The van der Waals surface area contributed by atoms with E-state index in [0.29, 0.717) is 16.2 Å². The van der Waals surface area contributed by atoms with Crippen LogP contribution in [0.25, 0.3) is 26.1 Å². The number of fused-ring (bicyclic) bond motifs is 4. The Morgan fingerprint density at radius 1 is 1.17 bits per heavy atom. The van der Waals surface area contributed by atoms with E-state index in [0.717, 1.165) is 32.4 Å². The molecule has 0 saturated carbocycles. The minimum absolute atomic E-state index is 0.0536. The number of nitrogens with zero attached hydrogens (tertiary/aromatic N) is 2. The number of aromatic nitrogens is 3. The molecule has 0 bridgehead atoms. The second-order valence-corrected chi connectivity index (χ2v) is 7.99. The van der Waals surface area contributed by atoms with E-state index in [9.17, 15) is 9.59 Å². The van der Waals surface area contributed by atoms with Crippen LogP contribution >= 0.6 is 11.3 Å². The summed E-state index contributed by atoms with van der Waals surface area (Å²) in [4.78, 5) is 33.5. The molecule has 3 heterocycles. The molecule has 0 atom stereocenters. The van der Waals surface area contributed by atoms with Crippen LogP contribution in [-0.2, 0) is 11.3 Å². The lowest BCUT2D eigenvalue weighted by Crippen LogP contribution is -2.15. The molecule has 1 N–H and O–H groups in total. The Morgan fingerprint density at radius 2 is 2.00 bits per heavy atom. The maximum Gasteiger partial charge on any atom is 0.338 e. The van der Waals surface area contributed by atoms with Gasteiger partial charge in [0.2, 0.25) is 0 Å². The second-order valence-electron chi connectivity index (χ2n) is 6.98. The first kappa shape index (κ1) is 17.6. The maximum atomic E-state index is 12.6. The average Bonchev–Trinajstić information content (AvgIpc) is 3.23. The highest BCUT2D eigenvalue weighted by Crippen LogP contribution is 2.24. The van der Waals surface area contributed by atoms with Crippen LogP contribution < -0.4 is 5.56 Å². The molecular formula is C22H17N3O3S. The van der Waals surface area contributed by atoms with Gasteiger partial charge in [0.15, 0.2) is 4.96 Å². The van der Waals surface area contributed by atoms with Crippen molar-refractivity contribution < 1.29 is 9.53 Å². The number of ether oxygens (including phenoxy) is 1. The highest BCUT2D eigenvalue weighted by Gasteiger charge is 2.13. The lowest BCUT2D eigenvalue weighted by atomic mass is 10.1. The van der Waals surface area contributed by atoms with Crippen molar-refractivity contribution in [1.82, 2.24) is 14.4 Å². The molecule has 3 aromatic heterocycles. The van der Waals surface area contributed by atoms with Crippen LogP contribution in [0.2, 0.25) is 0 Å². The first-order valence-electron chi connectivity index (χ1n) is 9.17. The van der Waals surface area contributed by atoms with Gasteiger partial charge in [-0.25, -0.2) is 9.78 Å². The molecule has 5 rings (SSSR count). The summed E-state index contributed by atoms with van der Waals surface area (Å²) >= 11 is 1.43. The quantitative estimate of drug-likeness (QED) is 0.454. The Bertz CT molecular complexity index is 1480. The predicted molar refractivity (Wildman–Crippen MR) is 114 cm³/mol. The summed E-state index contributed by atoms with van der Waals surface area (Å²) in [6.45, 7) is 3.96. The Morgan fingerprint density at radius 3 is 2.86 bits per heavy atom. The van der Waals surface area contributed by atoms with Crippen molar-refractivity contribution >= 4 is 43.4 Å². The molecule has 29 heavy (non-hydrogen) atoms. The minimum atomic E-state index is -0.441. The SMILES string of the molecule is Cc1[nH]c2ccc(C(=O)OCc3cc(=O)n4c(n3)sc3ccccc34)cc2c1C. The highest BCUT2D eigenvalue weighted by atomic mass is 32.1. The van der Waals surface area contributed by atoms with Crippen molar-refractivity contribution in [3.8, 4) is 0 Å². The van der Waals surface area contributed by atoms with Crippen LogP contribution in [0.4, 0.5) is 0 Å². The molecule has 0 radical (unpaired) electrons. The summed E-state index contributed by atoms with van der Waals surface area (Å²) in [5.41, 5.74) is 4.73. The molecule has 0 amide bonds. The number of rotatable bonds is 3. The van der Waals surface area contributed by atoms with Gasteiger partial charge in [-0.05, 0) is 49.7 Å². The Kier molecular flexibility index (Phi) is 3.99. The summed E-state index contributed by atoms with van der Waals surface area (Å²) < 4.78 is 8.00. The fourth-order valence-electron chi connectivity index (χ4n) is 3.51. The number of aromatic amines is 1. The number of H-pyrrole nitrogens is 1. The number of benzene rings is 2. The first-order chi connectivity index (χ1) is 14.0. The fraction of sp³-hybridized carbons (Fsp3) is 0.136. The normalized spacial score (nSPS) is 11.5. The molecule has 0 saturated heterocycles. The van der Waals surface area contributed by atoms with Crippen LogP contribution in [0.3, 0.4) is 0 Å². The number of esters is 1. The molecule has 6 nitrogen and oxygen atoms in total. The van der Waals surface area contributed by atoms with E-state index >= 15 is 0 Å². The first-order valence-corrected chi connectivity index (χ1v) is 9.99. The van der Waals surface area contributed by atoms with Gasteiger partial charge >= 0.3 is 5.97 Å². The minimum Gasteiger partial charge on any atom is -0.456 e.